The first-order valence-electron chi connectivity index (χ1n) is 11.2. The van der Waals surface area contributed by atoms with Gasteiger partial charge in [0.1, 0.15) is 0 Å². The van der Waals surface area contributed by atoms with Crippen LogP contribution in [0.2, 0.25) is 0 Å². The Labute approximate surface area is 191 Å². The van der Waals surface area contributed by atoms with Crippen LogP contribution in [0, 0.1) is 0 Å². The fraction of sp³-hybridized carbons (Fsp3) is 0.417. The Hall–Kier alpha value is -3.46. The van der Waals surface area contributed by atoms with Gasteiger partial charge in [-0.15, -0.1) is 0 Å². The molecule has 1 atom stereocenters. The van der Waals surface area contributed by atoms with E-state index in [1.54, 1.807) is 31.3 Å². The molecule has 174 valence electrons. The Balaban J connectivity index is 1.90. The highest BCUT2D eigenvalue weighted by Crippen LogP contribution is 2.24. The maximum Gasteiger partial charge on any atom is 0.332 e. The molecular weight excluding hydrogens is 420 g/mol. The summed E-state index contributed by atoms with van der Waals surface area (Å²) >= 11 is 0. The predicted molar refractivity (Wildman–Crippen MR) is 129 cm³/mol. The number of hydrogen-bond donors (Lipinski definition) is 1. The minimum Gasteiger partial charge on any atom is -0.341 e. The molecular formula is C24H30N6O3. The van der Waals surface area contributed by atoms with Crippen LogP contribution in [0.5, 0.6) is 0 Å². The van der Waals surface area contributed by atoms with Gasteiger partial charge in [-0.05, 0) is 26.7 Å². The number of aryl methyl sites for hydroxylation is 1. The van der Waals surface area contributed by atoms with Gasteiger partial charge in [-0.1, -0.05) is 42.0 Å². The third-order valence-electron chi connectivity index (χ3n) is 6.25. The lowest BCUT2D eigenvalue weighted by molar-refractivity contribution is 0.0969. The Kier molecular flexibility index (Phi) is 6.33. The van der Waals surface area contributed by atoms with Gasteiger partial charge >= 0.3 is 5.69 Å². The number of nitrogens with zero attached hydrogens (tertiary/aromatic N) is 5. The molecule has 9 nitrogen and oxygen atoms in total. The average Bonchev–Trinajstić information content (AvgIpc) is 3.20. The molecule has 3 heterocycles. The maximum absolute atomic E-state index is 13.6. The number of aromatic nitrogens is 4. The van der Waals surface area contributed by atoms with Gasteiger partial charge < -0.3 is 15.2 Å². The summed E-state index contributed by atoms with van der Waals surface area (Å²) < 4.78 is 4.21. The summed E-state index contributed by atoms with van der Waals surface area (Å²) in [5.74, 6) is 0.327. The largest absolute Gasteiger partial charge is 0.341 e. The van der Waals surface area contributed by atoms with Crippen LogP contribution < -0.4 is 21.9 Å². The second-order valence-corrected chi connectivity index (χ2v) is 8.68. The van der Waals surface area contributed by atoms with Crippen LogP contribution in [-0.4, -0.2) is 43.6 Å². The van der Waals surface area contributed by atoms with Gasteiger partial charge in [0.2, 0.25) is 5.95 Å². The van der Waals surface area contributed by atoms with Crippen molar-refractivity contribution in [3.05, 3.63) is 68.4 Å². The van der Waals surface area contributed by atoms with Gasteiger partial charge in [0, 0.05) is 38.3 Å². The van der Waals surface area contributed by atoms with Crippen LogP contribution in [0.3, 0.4) is 0 Å². The second kappa shape index (κ2) is 9.19. The van der Waals surface area contributed by atoms with E-state index in [-0.39, 0.29) is 18.4 Å². The zero-order valence-corrected chi connectivity index (χ0v) is 19.3. The molecule has 1 unspecified atom stereocenters. The Morgan fingerprint density at radius 3 is 2.58 bits per heavy atom. The number of anilines is 1. The van der Waals surface area contributed by atoms with E-state index >= 15 is 0 Å². The summed E-state index contributed by atoms with van der Waals surface area (Å²) in [5.41, 5.74) is 7.26. The standard InChI is InChI=1S/C24H30N6O3/c1-4-16(2)13-29-20-21(26-23(29)28-12-8-11-18(25)14-28)27(3)24(33)30(22(20)32)15-19(31)17-9-6-5-7-10-17/h4-7,9-10,18H,8,11-15,25H2,1-3H3/b16-4-. The lowest BCUT2D eigenvalue weighted by atomic mass is 10.1. The fourth-order valence-corrected chi connectivity index (χ4v) is 4.28. The molecule has 2 aromatic heterocycles. The van der Waals surface area contributed by atoms with E-state index in [4.69, 9.17) is 10.7 Å². The number of piperidine rings is 1. The maximum atomic E-state index is 13.6. The SMILES string of the molecule is C/C=C(/C)Cn1c(N2CCCC(N)C2)nc2c1c(=O)n(CC(=O)c1ccccc1)c(=O)n2C. The third-order valence-corrected chi connectivity index (χ3v) is 6.25. The number of allylic oxidation sites excluding steroid dienone is 2. The number of carbonyl (C=O) groups is 1. The highest BCUT2D eigenvalue weighted by Gasteiger charge is 2.26. The molecule has 1 saturated heterocycles. The summed E-state index contributed by atoms with van der Waals surface area (Å²) in [7, 11) is 1.58. The van der Waals surface area contributed by atoms with Crippen molar-refractivity contribution in [2.45, 2.75) is 45.8 Å². The van der Waals surface area contributed by atoms with Crippen molar-refractivity contribution < 1.29 is 4.79 Å². The molecule has 1 aliphatic rings. The molecule has 0 radical (unpaired) electrons. The lowest BCUT2D eigenvalue weighted by Gasteiger charge is -2.31. The van der Waals surface area contributed by atoms with Gasteiger partial charge in [-0.2, -0.15) is 4.98 Å². The normalized spacial score (nSPS) is 17.0. The molecule has 9 heteroatoms. The van der Waals surface area contributed by atoms with Crippen molar-refractivity contribution in [3.8, 4) is 0 Å². The van der Waals surface area contributed by atoms with Crippen molar-refractivity contribution >= 4 is 22.9 Å². The molecule has 0 amide bonds. The highest BCUT2D eigenvalue weighted by molar-refractivity contribution is 5.95. The topological polar surface area (TPSA) is 108 Å². The summed E-state index contributed by atoms with van der Waals surface area (Å²) in [6, 6.07) is 8.69. The van der Waals surface area contributed by atoms with E-state index in [0.29, 0.717) is 35.8 Å². The molecule has 0 spiro atoms. The molecule has 1 fully saturated rings. The fourth-order valence-electron chi connectivity index (χ4n) is 4.28. The van der Waals surface area contributed by atoms with Crippen molar-refractivity contribution in [2.24, 2.45) is 12.8 Å². The molecule has 3 aromatic rings. The number of fused-ring (bicyclic) bond motifs is 1. The Morgan fingerprint density at radius 2 is 1.91 bits per heavy atom. The minimum absolute atomic E-state index is 0.0267. The van der Waals surface area contributed by atoms with E-state index in [2.05, 4.69) is 4.90 Å². The number of benzene rings is 1. The van der Waals surface area contributed by atoms with Crippen LogP contribution >= 0.6 is 0 Å². The van der Waals surface area contributed by atoms with Crippen molar-refractivity contribution in [1.82, 2.24) is 18.7 Å². The highest BCUT2D eigenvalue weighted by atomic mass is 16.2. The van der Waals surface area contributed by atoms with Gasteiger partial charge in [-0.25, -0.2) is 4.79 Å². The summed E-state index contributed by atoms with van der Waals surface area (Å²) in [5, 5.41) is 0. The van der Waals surface area contributed by atoms with Crippen molar-refractivity contribution in [3.63, 3.8) is 0 Å². The molecule has 0 saturated carbocycles. The Bertz CT molecular complexity index is 1330. The molecule has 1 aliphatic heterocycles. The molecule has 0 bridgehead atoms. The van der Waals surface area contributed by atoms with Crippen LogP contribution in [0.25, 0.3) is 11.2 Å². The van der Waals surface area contributed by atoms with E-state index in [9.17, 15) is 14.4 Å². The van der Waals surface area contributed by atoms with E-state index in [1.807, 2.05) is 30.6 Å². The Morgan fingerprint density at radius 1 is 1.18 bits per heavy atom. The van der Waals surface area contributed by atoms with Gasteiger partial charge in [0.25, 0.3) is 5.56 Å². The first-order valence-corrected chi connectivity index (χ1v) is 11.2. The lowest BCUT2D eigenvalue weighted by Crippen LogP contribution is -2.44. The number of carbonyl (C=O) groups excluding carboxylic acids is 1. The first-order chi connectivity index (χ1) is 15.8. The number of Topliss-reactive ketones (excluding diaryl/α,β-unsaturated/α-hetero) is 1. The van der Waals surface area contributed by atoms with Crippen LogP contribution in [-0.2, 0) is 20.1 Å². The molecule has 4 rings (SSSR count). The van der Waals surface area contributed by atoms with Crippen molar-refractivity contribution in [1.29, 1.82) is 0 Å². The summed E-state index contributed by atoms with van der Waals surface area (Å²) in [6.07, 6.45) is 3.86. The number of nitrogens with two attached hydrogens (primary N) is 1. The smallest absolute Gasteiger partial charge is 0.332 e. The van der Waals surface area contributed by atoms with E-state index < -0.39 is 11.2 Å². The van der Waals surface area contributed by atoms with Gasteiger partial charge in [-0.3, -0.25) is 18.7 Å². The number of hydrogen-bond acceptors (Lipinski definition) is 6. The molecule has 33 heavy (non-hydrogen) atoms. The van der Waals surface area contributed by atoms with Gasteiger partial charge in [0.15, 0.2) is 16.9 Å². The average molecular weight is 451 g/mol. The third kappa shape index (κ3) is 4.28. The predicted octanol–water partition coefficient (Wildman–Crippen LogP) is 1.67. The minimum atomic E-state index is -0.564. The van der Waals surface area contributed by atoms with E-state index in [1.165, 1.54) is 4.57 Å². The molecule has 1 aromatic carbocycles. The van der Waals surface area contributed by atoms with Gasteiger partial charge in [0.05, 0.1) is 6.54 Å². The first kappa shape index (κ1) is 22.7. The number of imidazole rings is 1. The second-order valence-electron chi connectivity index (χ2n) is 8.68. The zero-order valence-electron chi connectivity index (χ0n) is 19.3. The van der Waals surface area contributed by atoms with Crippen LogP contribution in [0.4, 0.5) is 5.95 Å². The quantitative estimate of drug-likeness (QED) is 0.452. The van der Waals surface area contributed by atoms with Crippen molar-refractivity contribution in [2.75, 3.05) is 18.0 Å². The zero-order chi connectivity index (χ0) is 23.7. The monoisotopic (exact) mass is 450 g/mol. The van der Waals surface area contributed by atoms with E-state index in [0.717, 1.165) is 29.5 Å². The number of rotatable bonds is 6. The summed E-state index contributed by atoms with van der Waals surface area (Å²) in [4.78, 5) is 46.3. The van der Waals surface area contributed by atoms with Crippen LogP contribution in [0.1, 0.15) is 37.0 Å². The summed E-state index contributed by atoms with van der Waals surface area (Å²) in [6.45, 7) is 5.46. The van der Waals surface area contributed by atoms with Crippen LogP contribution in [0.15, 0.2) is 51.6 Å². The molecule has 2 N–H and O–H groups in total. The molecule has 0 aliphatic carbocycles. The number of ketones is 1.